The van der Waals surface area contributed by atoms with Crippen LogP contribution in [0.15, 0.2) is 41.0 Å². The topological polar surface area (TPSA) is 37.6 Å². The summed E-state index contributed by atoms with van der Waals surface area (Å²) in [7, 11) is 0. The third kappa shape index (κ3) is 2.44. The van der Waals surface area contributed by atoms with Gasteiger partial charge in [-0.25, -0.2) is 4.98 Å². The SMILES string of the molecule is Cc1cc(Br)c2nc(C)c(C(=O)N3CCc4ccccc4C3)n2c1. The van der Waals surface area contributed by atoms with Gasteiger partial charge in [0.15, 0.2) is 5.65 Å². The summed E-state index contributed by atoms with van der Waals surface area (Å²) in [4.78, 5) is 19.7. The molecular weight excluding hydrogens is 366 g/mol. The predicted octanol–water partition coefficient (Wildman–Crippen LogP) is 3.91. The summed E-state index contributed by atoms with van der Waals surface area (Å²) in [5, 5.41) is 0. The molecule has 0 bridgehead atoms. The number of pyridine rings is 1. The van der Waals surface area contributed by atoms with E-state index in [9.17, 15) is 4.79 Å². The Morgan fingerprint density at radius 2 is 1.96 bits per heavy atom. The van der Waals surface area contributed by atoms with Crippen molar-refractivity contribution in [2.45, 2.75) is 26.8 Å². The molecule has 0 unspecified atom stereocenters. The van der Waals surface area contributed by atoms with Gasteiger partial charge in [0.05, 0.1) is 10.2 Å². The van der Waals surface area contributed by atoms with Gasteiger partial charge in [-0.1, -0.05) is 24.3 Å². The lowest BCUT2D eigenvalue weighted by molar-refractivity contribution is 0.0727. The van der Waals surface area contributed by atoms with Crippen LogP contribution in [0.4, 0.5) is 0 Å². The van der Waals surface area contributed by atoms with Crippen LogP contribution in [0.5, 0.6) is 0 Å². The fourth-order valence-electron chi connectivity index (χ4n) is 3.42. The third-order valence-electron chi connectivity index (χ3n) is 4.61. The molecular formula is C19H18BrN3O. The van der Waals surface area contributed by atoms with Crippen LogP contribution in [0.2, 0.25) is 0 Å². The molecule has 4 nitrogen and oxygen atoms in total. The maximum atomic E-state index is 13.2. The Morgan fingerprint density at radius 1 is 1.21 bits per heavy atom. The Hall–Kier alpha value is -2.14. The molecule has 24 heavy (non-hydrogen) atoms. The lowest BCUT2D eigenvalue weighted by atomic mass is 9.99. The first-order chi connectivity index (χ1) is 11.5. The fourth-order valence-corrected chi connectivity index (χ4v) is 4.06. The number of aryl methyl sites for hydroxylation is 2. The highest BCUT2D eigenvalue weighted by molar-refractivity contribution is 9.10. The Bertz CT molecular complexity index is 961. The Kier molecular flexibility index (Phi) is 3.68. The zero-order chi connectivity index (χ0) is 16.8. The molecule has 0 saturated heterocycles. The zero-order valence-electron chi connectivity index (χ0n) is 13.7. The van der Waals surface area contributed by atoms with Crippen molar-refractivity contribution in [3.8, 4) is 0 Å². The minimum atomic E-state index is 0.0482. The summed E-state index contributed by atoms with van der Waals surface area (Å²) in [5.41, 5.74) is 5.89. The van der Waals surface area contributed by atoms with Crippen LogP contribution >= 0.6 is 15.9 Å². The van der Waals surface area contributed by atoms with Crippen LogP contribution in [-0.4, -0.2) is 26.7 Å². The highest BCUT2D eigenvalue weighted by atomic mass is 79.9. The standard InChI is InChI=1S/C19H18BrN3O/c1-12-9-16(20)18-21-13(2)17(23(18)10-12)19(24)22-8-7-14-5-3-4-6-15(14)11-22/h3-6,9-10H,7-8,11H2,1-2H3. The van der Waals surface area contributed by atoms with Crippen molar-refractivity contribution < 1.29 is 4.79 Å². The molecule has 0 atom stereocenters. The van der Waals surface area contributed by atoms with Crippen LogP contribution < -0.4 is 0 Å². The smallest absolute Gasteiger partial charge is 0.273 e. The number of nitrogens with zero attached hydrogens (tertiary/aromatic N) is 3. The highest BCUT2D eigenvalue weighted by Crippen LogP contribution is 2.25. The normalized spacial score (nSPS) is 14.0. The number of halogens is 1. The number of hydrogen-bond donors (Lipinski definition) is 0. The number of aromatic nitrogens is 2. The lowest BCUT2D eigenvalue weighted by Crippen LogP contribution is -2.36. The van der Waals surface area contributed by atoms with Gasteiger partial charge in [0, 0.05) is 19.3 Å². The molecule has 3 aromatic rings. The molecule has 1 aliphatic heterocycles. The maximum absolute atomic E-state index is 13.2. The van der Waals surface area contributed by atoms with Gasteiger partial charge < -0.3 is 4.90 Å². The minimum absolute atomic E-state index is 0.0482. The number of rotatable bonds is 1. The Morgan fingerprint density at radius 3 is 2.75 bits per heavy atom. The van der Waals surface area contributed by atoms with E-state index >= 15 is 0 Å². The molecule has 1 amide bonds. The number of imidazole rings is 1. The molecule has 1 aromatic carbocycles. The van der Waals surface area contributed by atoms with Gasteiger partial charge in [0.25, 0.3) is 5.91 Å². The molecule has 5 heteroatoms. The Balaban J connectivity index is 1.76. The van der Waals surface area contributed by atoms with E-state index in [1.54, 1.807) is 0 Å². The van der Waals surface area contributed by atoms with Crippen molar-refractivity contribution in [2.75, 3.05) is 6.54 Å². The quantitative estimate of drug-likeness (QED) is 0.638. The van der Waals surface area contributed by atoms with E-state index in [1.807, 2.05) is 41.5 Å². The first kappa shape index (κ1) is 15.4. The maximum Gasteiger partial charge on any atom is 0.273 e. The van der Waals surface area contributed by atoms with Crippen LogP contribution in [0.25, 0.3) is 5.65 Å². The average molecular weight is 384 g/mol. The number of fused-ring (bicyclic) bond motifs is 2. The molecule has 0 N–H and O–H groups in total. The van der Waals surface area contributed by atoms with Gasteiger partial charge in [-0.05, 0) is 59.0 Å². The molecule has 3 heterocycles. The summed E-state index contributed by atoms with van der Waals surface area (Å²) in [6.45, 7) is 5.33. The number of carbonyl (C=O) groups is 1. The molecule has 0 aliphatic carbocycles. The minimum Gasteiger partial charge on any atom is -0.333 e. The first-order valence-corrected chi connectivity index (χ1v) is 8.85. The van der Waals surface area contributed by atoms with Crippen molar-refractivity contribution in [1.82, 2.24) is 14.3 Å². The molecule has 0 saturated carbocycles. The van der Waals surface area contributed by atoms with Gasteiger partial charge in [-0.3, -0.25) is 9.20 Å². The van der Waals surface area contributed by atoms with Gasteiger partial charge >= 0.3 is 0 Å². The lowest BCUT2D eigenvalue weighted by Gasteiger charge is -2.28. The monoisotopic (exact) mass is 383 g/mol. The molecule has 2 aromatic heterocycles. The third-order valence-corrected chi connectivity index (χ3v) is 5.19. The van der Waals surface area contributed by atoms with E-state index in [4.69, 9.17) is 0 Å². The van der Waals surface area contributed by atoms with E-state index in [2.05, 4.69) is 39.1 Å². The van der Waals surface area contributed by atoms with E-state index in [0.29, 0.717) is 12.2 Å². The van der Waals surface area contributed by atoms with Crippen molar-refractivity contribution in [2.24, 2.45) is 0 Å². The van der Waals surface area contributed by atoms with E-state index in [1.165, 1.54) is 11.1 Å². The molecule has 122 valence electrons. The van der Waals surface area contributed by atoms with Crippen LogP contribution in [-0.2, 0) is 13.0 Å². The van der Waals surface area contributed by atoms with Crippen LogP contribution in [0.3, 0.4) is 0 Å². The average Bonchev–Trinajstić information content (AvgIpc) is 2.90. The van der Waals surface area contributed by atoms with Crippen molar-refractivity contribution in [3.05, 3.63) is 69.1 Å². The zero-order valence-corrected chi connectivity index (χ0v) is 15.3. The molecule has 1 aliphatic rings. The number of hydrogen-bond acceptors (Lipinski definition) is 2. The van der Waals surface area contributed by atoms with Gasteiger partial charge in [-0.15, -0.1) is 0 Å². The van der Waals surface area contributed by atoms with Crippen molar-refractivity contribution >= 4 is 27.5 Å². The molecule has 0 spiro atoms. The van der Waals surface area contributed by atoms with Crippen molar-refractivity contribution in [1.29, 1.82) is 0 Å². The van der Waals surface area contributed by atoms with E-state index < -0.39 is 0 Å². The number of amides is 1. The van der Waals surface area contributed by atoms with Crippen LogP contribution in [0, 0.1) is 13.8 Å². The summed E-state index contributed by atoms with van der Waals surface area (Å²) in [5.74, 6) is 0.0482. The van der Waals surface area contributed by atoms with E-state index in [-0.39, 0.29) is 5.91 Å². The summed E-state index contributed by atoms with van der Waals surface area (Å²) < 4.78 is 2.83. The molecule has 0 fully saturated rings. The van der Waals surface area contributed by atoms with Gasteiger partial charge in [0.2, 0.25) is 0 Å². The molecule has 4 rings (SSSR count). The van der Waals surface area contributed by atoms with Gasteiger partial charge in [-0.2, -0.15) is 0 Å². The molecule has 0 radical (unpaired) electrons. The van der Waals surface area contributed by atoms with Gasteiger partial charge in [0.1, 0.15) is 5.69 Å². The second-order valence-corrected chi connectivity index (χ2v) is 7.20. The second kappa shape index (κ2) is 5.74. The first-order valence-electron chi connectivity index (χ1n) is 8.05. The highest BCUT2D eigenvalue weighted by Gasteiger charge is 2.26. The summed E-state index contributed by atoms with van der Waals surface area (Å²) in [6.07, 6.45) is 2.88. The number of carbonyl (C=O) groups excluding carboxylic acids is 1. The van der Waals surface area contributed by atoms with Crippen molar-refractivity contribution in [3.63, 3.8) is 0 Å². The predicted molar refractivity (Wildman–Crippen MR) is 97.3 cm³/mol. The second-order valence-electron chi connectivity index (χ2n) is 6.35. The summed E-state index contributed by atoms with van der Waals surface area (Å²) in [6, 6.07) is 10.4. The van der Waals surface area contributed by atoms with Crippen LogP contribution in [0.1, 0.15) is 32.9 Å². The largest absolute Gasteiger partial charge is 0.333 e. The number of benzene rings is 1. The summed E-state index contributed by atoms with van der Waals surface area (Å²) >= 11 is 3.55. The Labute approximate surface area is 149 Å². The van der Waals surface area contributed by atoms with E-state index in [0.717, 1.165) is 34.3 Å². The fraction of sp³-hybridized carbons (Fsp3) is 0.263.